The van der Waals surface area contributed by atoms with Crippen LogP contribution in [0.5, 0.6) is 0 Å². The molecule has 0 aromatic heterocycles. The zero-order valence-corrected chi connectivity index (χ0v) is 15.2. The molecule has 0 heterocycles. The molecule has 132 valence electrons. The van der Waals surface area contributed by atoms with Gasteiger partial charge in [0.25, 0.3) is 0 Å². The molecule has 1 nitrogen and oxygen atoms in total. The summed E-state index contributed by atoms with van der Waals surface area (Å²) in [5, 5.41) is 0. The van der Waals surface area contributed by atoms with Crippen molar-refractivity contribution in [2.45, 2.75) is 102 Å². The smallest absolute Gasteiger partial charge is 0.0578 e. The first kappa shape index (κ1) is 16.4. The SMILES string of the molecule is C1CCC(C2CCC(COC3CCC4CCCC4C3)CC2)CC1. The van der Waals surface area contributed by atoms with E-state index in [4.69, 9.17) is 4.74 Å². The summed E-state index contributed by atoms with van der Waals surface area (Å²) in [6.45, 7) is 1.08. The number of ether oxygens (including phenoxy) is 1. The number of hydrogen-bond acceptors (Lipinski definition) is 1. The van der Waals surface area contributed by atoms with Crippen molar-refractivity contribution in [3.63, 3.8) is 0 Å². The van der Waals surface area contributed by atoms with Crippen LogP contribution in [0.3, 0.4) is 0 Å². The third-order valence-electron chi connectivity index (χ3n) is 8.02. The van der Waals surface area contributed by atoms with Gasteiger partial charge in [-0.3, -0.25) is 0 Å². The Morgan fingerprint density at radius 3 is 1.96 bits per heavy atom. The predicted octanol–water partition coefficient (Wildman–Crippen LogP) is 6.36. The highest BCUT2D eigenvalue weighted by Crippen LogP contribution is 2.44. The van der Waals surface area contributed by atoms with Crippen LogP contribution < -0.4 is 0 Å². The molecule has 23 heavy (non-hydrogen) atoms. The Morgan fingerprint density at radius 1 is 0.522 bits per heavy atom. The minimum absolute atomic E-state index is 0.616. The average Bonchev–Trinajstić information content (AvgIpc) is 3.09. The molecule has 3 unspecified atom stereocenters. The third-order valence-corrected chi connectivity index (χ3v) is 8.02. The summed E-state index contributed by atoms with van der Waals surface area (Å²) in [5.41, 5.74) is 0. The molecule has 0 bridgehead atoms. The second-order valence-electron chi connectivity index (χ2n) is 9.40. The first-order valence-electron chi connectivity index (χ1n) is 11.0. The Morgan fingerprint density at radius 2 is 1.13 bits per heavy atom. The summed E-state index contributed by atoms with van der Waals surface area (Å²) in [5.74, 6) is 5.14. The summed E-state index contributed by atoms with van der Waals surface area (Å²) < 4.78 is 6.41. The molecule has 0 saturated heterocycles. The molecule has 0 aliphatic heterocycles. The van der Waals surface area contributed by atoms with Crippen LogP contribution in [0.4, 0.5) is 0 Å². The minimum atomic E-state index is 0.616. The fourth-order valence-corrected chi connectivity index (χ4v) is 6.51. The molecule has 0 amide bonds. The van der Waals surface area contributed by atoms with Crippen molar-refractivity contribution in [2.75, 3.05) is 6.61 Å². The lowest BCUT2D eigenvalue weighted by molar-refractivity contribution is -0.0234. The Labute approximate surface area is 143 Å². The van der Waals surface area contributed by atoms with Gasteiger partial charge in [0.05, 0.1) is 6.10 Å². The summed E-state index contributed by atoms with van der Waals surface area (Å²) in [6, 6.07) is 0. The predicted molar refractivity (Wildman–Crippen MR) is 96.4 cm³/mol. The molecule has 4 saturated carbocycles. The average molecular weight is 319 g/mol. The van der Waals surface area contributed by atoms with Crippen LogP contribution >= 0.6 is 0 Å². The fourth-order valence-electron chi connectivity index (χ4n) is 6.51. The summed E-state index contributed by atoms with van der Waals surface area (Å²) in [7, 11) is 0. The van der Waals surface area contributed by atoms with Crippen molar-refractivity contribution in [2.24, 2.45) is 29.6 Å². The van der Waals surface area contributed by atoms with Gasteiger partial charge >= 0.3 is 0 Å². The van der Waals surface area contributed by atoms with E-state index in [-0.39, 0.29) is 0 Å². The molecule has 4 rings (SSSR count). The largest absolute Gasteiger partial charge is 0.378 e. The minimum Gasteiger partial charge on any atom is -0.378 e. The van der Waals surface area contributed by atoms with Crippen LogP contribution in [0.25, 0.3) is 0 Å². The quantitative estimate of drug-likeness (QED) is 0.586. The molecule has 0 spiro atoms. The van der Waals surface area contributed by atoms with E-state index in [1.54, 1.807) is 0 Å². The van der Waals surface area contributed by atoms with Gasteiger partial charge in [-0.2, -0.15) is 0 Å². The van der Waals surface area contributed by atoms with Crippen molar-refractivity contribution in [1.29, 1.82) is 0 Å². The first-order chi connectivity index (χ1) is 11.4. The molecule has 0 aromatic carbocycles. The molecular weight excluding hydrogens is 280 g/mol. The number of hydrogen-bond donors (Lipinski definition) is 0. The van der Waals surface area contributed by atoms with Crippen LogP contribution in [-0.2, 0) is 4.74 Å². The molecule has 1 heteroatoms. The van der Waals surface area contributed by atoms with E-state index in [1.807, 2.05) is 0 Å². The first-order valence-corrected chi connectivity index (χ1v) is 11.0. The van der Waals surface area contributed by atoms with Gasteiger partial charge in [-0.1, -0.05) is 51.4 Å². The van der Waals surface area contributed by atoms with E-state index in [0.29, 0.717) is 6.10 Å². The van der Waals surface area contributed by atoms with Crippen molar-refractivity contribution >= 4 is 0 Å². The monoisotopic (exact) mass is 318 g/mol. The highest BCUT2D eigenvalue weighted by atomic mass is 16.5. The van der Waals surface area contributed by atoms with Gasteiger partial charge in [0.2, 0.25) is 0 Å². The van der Waals surface area contributed by atoms with Crippen LogP contribution in [-0.4, -0.2) is 12.7 Å². The molecule has 4 aliphatic rings. The molecule has 4 aliphatic carbocycles. The molecule has 3 atom stereocenters. The highest BCUT2D eigenvalue weighted by Gasteiger charge is 2.35. The Bertz CT molecular complexity index is 351. The van der Waals surface area contributed by atoms with E-state index in [0.717, 1.165) is 36.2 Å². The van der Waals surface area contributed by atoms with Crippen LogP contribution in [0.2, 0.25) is 0 Å². The second kappa shape index (κ2) is 7.89. The van der Waals surface area contributed by atoms with Crippen molar-refractivity contribution in [3.8, 4) is 0 Å². The number of rotatable bonds is 4. The Hall–Kier alpha value is -0.0400. The maximum atomic E-state index is 6.41. The zero-order valence-electron chi connectivity index (χ0n) is 15.2. The zero-order chi connectivity index (χ0) is 15.5. The van der Waals surface area contributed by atoms with Gasteiger partial charge in [0.1, 0.15) is 0 Å². The summed E-state index contributed by atoms with van der Waals surface area (Å²) in [4.78, 5) is 0. The standard InChI is InChI=1S/C22H38O/c1-2-5-18(6-3-1)20-11-9-17(10-12-20)16-23-22-14-13-19-7-4-8-21(19)15-22/h17-22H,1-16H2. The maximum Gasteiger partial charge on any atom is 0.0578 e. The molecule has 0 radical (unpaired) electrons. The van der Waals surface area contributed by atoms with E-state index >= 15 is 0 Å². The Balaban J connectivity index is 1.15. The third kappa shape index (κ3) is 4.14. The van der Waals surface area contributed by atoms with Crippen molar-refractivity contribution < 1.29 is 4.74 Å². The molecule has 0 aromatic rings. The lowest BCUT2D eigenvalue weighted by atomic mass is 9.71. The van der Waals surface area contributed by atoms with Crippen LogP contribution in [0, 0.1) is 29.6 Å². The highest BCUT2D eigenvalue weighted by molar-refractivity contribution is 4.86. The fraction of sp³-hybridized carbons (Fsp3) is 1.00. The molecular formula is C22H38O. The van der Waals surface area contributed by atoms with Crippen molar-refractivity contribution in [1.82, 2.24) is 0 Å². The van der Waals surface area contributed by atoms with E-state index in [9.17, 15) is 0 Å². The molecule has 0 N–H and O–H groups in total. The van der Waals surface area contributed by atoms with Gasteiger partial charge in [-0.05, 0) is 74.5 Å². The van der Waals surface area contributed by atoms with E-state index < -0.39 is 0 Å². The summed E-state index contributed by atoms with van der Waals surface area (Å²) >= 11 is 0. The van der Waals surface area contributed by atoms with Gasteiger partial charge in [0.15, 0.2) is 0 Å². The normalized spacial score (nSPS) is 42.5. The van der Waals surface area contributed by atoms with E-state index in [1.165, 1.54) is 96.3 Å². The Kier molecular flexibility index (Phi) is 5.64. The van der Waals surface area contributed by atoms with Crippen LogP contribution in [0.15, 0.2) is 0 Å². The van der Waals surface area contributed by atoms with Gasteiger partial charge in [-0.25, -0.2) is 0 Å². The summed E-state index contributed by atoms with van der Waals surface area (Å²) in [6.07, 6.45) is 22.9. The maximum absolute atomic E-state index is 6.41. The number of fused-ring (bicyclic) bond motifs is 1. The topological polar surface area (TPSA) is 9.23 Å². The van der Waals surface area contributed by atoms with Crippen LogP contribution in [0.1, 0.15) is 96.3 Å². The lowest BCUT2D eigenvalue weighted by Crippen LogP contribution is -2.30. The van der Waals surface area contributed by atoms with Crippen molar-refractivity contribution in [3.05, 3.63) is 0 Å². The van der Waals surface area contributed by atoms with Gasteiger partial charge < -0.3 is 4.74 Å². The molecule has 4 fully saturated rings. The van der Waals surface area contributed by atoms with Gasteiger partial charge in [-0.15, -0.1) is 0 Å². The lowest BCUT2D eigenvalue weighted by Gasteiger charge is -2.37. The second-order valence-corrected chi connectivity index (χ2v) is 9.40. The van der Waals surface area contributed by atoms with Gasteiger partial charge in [0, 0.05) is 6.61 Å². The van der Waals surface area contributed by atoms with E-state index in [2.05, 4.69) is 0 Å².